The maximum Gasteiger partial charge on any atom is 0.123 e. The largest absolute Gasteiger partial charge is 0.496 e. The number of methoxy groups -OCH3 is 1. The van der Waals surface area contributed by atoms with Crippen molar-refractivity contribution in [3.05, 3.63) is 29.6 Å². The molecule has 1 aromatic rings. The molecule has 0 spiro atoms. The zero-order valence-corrected chi connectivity index (χ0v) is 9.26. The first-order valence-electron chi connectivity index (χ1n) is 4.39. The van der Waals surface area contributed by atoms with E-state index >= 15 is 0 Å². The van der Waals surface area contributed by atoms with Crippen molar-refractivity contribution >= 4 is 12.4 Å². The third-order valence-corrected chi connectivity index (χ3v) is 2.03. The Morgan fingerprint density at radius 1 is 1.53 bits per heavy atom. The molecular weight excluding hydrogens is 221 g/mol. The molecule has 86 valence electrons. The van der Waals surface area contributed by atoms with Crippen molar-refractivity contribution in [3.8, 4) is 5.75 Å². The fraction of sp³-hybridized carbons (Fsp3) is 0.400. The van der Waals surface area contributed by atoms with E-state index in [2.05, 4.69) is 0 Å². The van der Waals surface area contributed by atoms with Gasteiger partial charge in [-0.05, 0) is 24.6 Å². The second-order valence-corrected chi connectivity index (χ2v) is 3.01. The van der Waals surface area contributed by atoms with Crippen molar-refractivity contribution in [3.63, 3.8) is 0 Å². The summed E-state index contributed by atoms with van der Waals surface area (Å²) in [4.78, 5) is 0. The number of nitrogens with two attached hydrogens (primary N) is 1. The van der Waals surface area contributed by atoms with Gasteiger partial charge < -0.3 is 15.6 Å². The number of hydrogen-bond acceptors (Lipinski definition) is 3. The van der Waals surface area contributed by atoms with Crippen molar-refractivity contribution in [2.45, 2.75) is 12.5 Å². The molecule has 1 atom stereocenters. The highest BCUT2D eigenvalue weighted by atomic mass is 35.5. The predicted molar refractivity (Wildman–Crippen MR) is 58.8 cm³/mol. The van der Waals surface area contributed by atoms with Gasteiger partial charge in [0.15, 0.2) is 0 Å². The number of aliphatic hydroxyl groups excluding tert-OH is 1. The van der Waals surface area contributed by atoms with Crippen LogP contribution >= 0.6 is 12.4 Å². The number of halogens is 2. The Morgan fingerprint density at radius 2 is 2.20 bits per heavy atom. The highest BCUT2D eigenvalue weighted by molar-refractivity contribution is 5.85. The molecule has 0 aliphatic rings. The van der Waals surface area contributed by atoms with Gasteiger partial charge in [0, 0.05) is 18.2 Å². The van der Waals surface area contributed by atoms with Gasteiger partial charge in [0.05, 0.1) is 7.11 Å². The Labute approximate surface area is 94.5 Å². The molecule has 0 amide bonds. The summed E-state index contributed by atoms with van der Waals surface area (Å²) in [6.45, 7) is -0.0270. The zero-order chi connectivity index (χ0) is 10.6. The van der Waals surface area contributed by atoms with E-state index in [4.69, 9.17) is 15.6 Å². The molecule has 3 N–H and O–H groups in total. The number of ether oxygens (including phenoxy) is 1. The molecule has 0 heterocycles. The van der Waals surface area contributed by atoms with E-state index < -0.39 is 6.04 Å². The molecule has 0 aliphatic carbocycles. The van der Waals surface area contributed by atoms with Crippen LogP contribution in [0.3, 0.4) is 0 Å². The fourth-order valence-corrected chi connectivity index (χ4v) is 1.29. The van der Waals surface area contributed by atoms with Crippen LogP contribution in [0.25, 0.3) is 0 Å². The summed E-state index contributed by atoms with van der Waals surface area (Å²) in [6.07, 6.45) is 0.389. The van der Waals surface area contributed by atoms with Crippen LogP contribution in [0.5, 0.6) is 5.75 Å². The summed E-state index contributed by atoms with van der Waals surface area (Å²) in [5, 5.41) is 8.72. The standard InChI is InChI=1S/C10H14FNO2.ClH/c1-14-10-3-2-7(11)6-8(10)9(12)4-5-13;/h2-3,6,9,13H,4-5,12H2,1H3;1H/t9-;/m1./s1. The molecule has 0 aromatic heterocycles. The molecule has 3 nitrogen and oxygen atoms in total. The van der Waals surface area contributed by atoms with Gasteiger partial charge in [-0.3, -0.25) is 0 Å². The van der Waals surface area contributed by atoms with Crippen LogP contribution in [0.15, 0.2) is 18.2 Å². The highest BCUT2D eigenvalue weighted by Gasteiger charge is 2.12. The molecule has 15 heavy (non-hydrogen) atoms. The van der Waals surface area contributed by atoms with E-state index in [9.17, 15) is 4.39 Å². The molecule has 0 aliphatic heterocycles. The van der Waals surface area contributed by atoms with Gasteiger partial charge in [0.1, 0.15) is 11.6 Å². The normalized spacial score (nSPS) is 11.7. The van der Waals surface area contributed by atoms with E-state index in [1.807, 2.05) is 0 Å². The van der Waals surface area contributed by atoms with E-state index in [-0.39, 0.29) is 24.8 Å². The van der Waals surface area contributed by atoms with Gasteiger partial charge in [-0.25, -0.2) is 4.39 Å². The molecule has 0 saturated heterocycles. The average molecular weight is 236 g/mol. The Kier molecular flexibility index (Phi) is 6.24. The molecule has 1 rings (SSSR count). The minimum absolute atomic E-state index is 0. The van der Waals surface area contributed by atoms with Crippen LogP contribution < -0.4 is 10.5 Å². The quantitative estimate of drug-likeness (QED) is 0.834. The van der Waals surface area contributed by atoms with Crippen molar-refractivity contribution in [2.75, 3.05) is 13.7 Å². The Balaban J connectivity index is 0.00000196. The van der Waals surface area contributed by atoms with Crippen molar-refractivity contribution < 1.29 is 14.2 Å². The molecule has 0 unspecified atom stereocenters. The van der Waals surface area contributed by atoms with Gasteiger partial charge in [0.25, 0.3) is 0 Å². The van der Waals surface area contributed by atoms with Crippen LogP contribution in [-0.2, 0) is 0 Å². The first-order chi connectivity index (χ1) is 6.69. The smallest absolute Gasteiger partial charge is 0.123 e. The number of rotatable bonds is 4. The lowest BCUT2D eigenvalue weighted by molar-refractivity contribution is 0.275. The maximum atomic E-state index is 12.9. The lowest BCUT2D eigenvalue weighted by Crippen LogP contribution is -2.13. The maximum absolute atomic E-state index is 12.9. The summed E-state index contributed by atoms with van der Waals surface area (Å²) in [5.74, 6) is 0.196. The summed E-state index contributed by atoms with van der Waals surface area (Å²) in [7, 11) is 1.50. The third kappa shape index (κ3) is 3.66. The second-order valence-electron chi connectivity index (χ2n) is 3.01. The first-order valence-corrected chi connectivity index (χ1v) is 4.39. The minimum atomic E-state index is -0.398. The summed E-state index contributed by atoms with van der Waals surface area (Å²) in [6, 6.07) is 3.78. The van der Waals surface area contributed by atoms with Crippen LogP contribution in [-0.4, -0.2) is 18.8 Å². The Bertz CT molecular complexity index is 309. The van der Waals surface area contributed by atoms with E-state index in [0.717, 1.165) is 0 Å². The average Bonchev–Trinajstić information content (AvgIpc) is 2.18. The van der Waals surface area contributed by atoms with E-state index in [1.165, 1.54) is 25.3 Å². The summed E-state index contributed by atoms with van der Waals surface area (Å²) in [5.41, 5.74) is 6.33. The van der Waals surface area contributed by atoms with Gasteiger partial charge in [-0.1, -0.05) is 0 Å². The van der Waals surface area contributed by atoms with Crippen LogP contribution in [0.4, 0.5) is 4.39 Å². The van der Waals surface area contributed by atoms with Crippen molar-refractivity contribution in [1.29, 1.82) is 0 Å². The monoisotopic (exact) mass is 235 g/mol. The topological polar surface area (TPSA) is 55.5 Å². The van der Waals surface area contributed by atoms with Crippen molar-refractivity contribution in [2.24, 2.45) is 5.73 Å². The Morgan fingerprint density at radius 3 is 2.73 bits per heavy atom. The van der Waals surface area contributed by atoms with E-state index in [1.54, 1.807) is 0 Å². The van der Waals surface area contributed by atoms with Crippen LogP contribution in [0.1, 0.15) is 18.0 Å². The van der Waals surface area contributed by atoms with Crippen LogP contribution in [0.2, 0.25) is 0 Å². The lowest BCUT2D eigenvalue weighted by Gasteiger charge is -2.14. The minimum Gasteiger partial charge on any atom is -0.496 e. The molecular formula is C10H15ClFNO2. The molecule has 0 fully saturated rings. The van der Waals surface area contributed by atoms with Gasteiger partial charge in [-0.15, -0.1) is 12.4 Å². The first kappa shape index (κ1) is 14.2. The third-order valence-electron chi connectivity index (χ3n) is 2.03. The SMILES string of the molecule is COc1ccc(F)cc1[C@H](N)CCO.Cl. The lowest BCUT2D eigenvalue weighted by atomic mass is 10.0. The molecule has 5 heteroatoms. The molecule has 1 aromatic carbocycles. The summed E-state index contributed by atoms with van der Waals surface area (Å²) < 4.78 is 18.0. The predicted octanol–water partition coefficient (Wildman–Crippen LogP) is 1.64. The van der Waals surface area contributed by atoms with Gasteiger partial charge >= 0.3 is 0 Å². The number of benzene rings is 1. The van der Waals surface area contributed by atoms with Gasteiger partial charge in [-0.2, -0.15) is 0 Å². The molecule has 0 saturated carbocycles. The molecule has 0 radical (unpaired) electrons. The highest BCUT2D eigenvalue weighted by Crippen LogP contribution is 2.26. The van der Waals surface area contributed by atoms with Gasteiger partial charge in [0.2, 0.25) is 0 Å². The Hall–Kier alpha value is -0.840. The van der Waals surface area contributed by atoms with Crippen LogP contribution in [0, 0.1) is 5.82 Å². The molecule has 0 bridgehead atoms. The fourth-order valence-electron chi connectivity index (χ4n) is 1.29. The number of hydrogen-bond donors (Lipinski definition) is 2. The number of aliphatic hydroxyl groups is 1. The zero-order valence-electron chi connectivity index (χ0n) is 8.44. The second kappa shape index (κ2) is 6.61. The van der Waals surface area contributed by atoms with E-state index in [0.29, 0.717) is 17.7 Å². The summed E-state index contributed by atoms with van der Waals surface area (Å²) >= 11 is 0. The van der Waals surface area contributed by atoms with Crippen molar-refractivity contribution in [1.82, 2.24) is 0 Å².